The van der Waals surface area contributed by atoms with Gasteiger partial charge in [0, 0.05) is 17.3 Å². The van der Waals surface area contributed by atoms with E-state index < -0.39 is 38.7 Å². The highest BCUT2D eigenvalue weighted by Gasteiger charge is 2.28. The summed E-state index contributed by atoms with van der Waals surface area (Å²) < 4.78 is 46.7. The van der Waals surface area contributed by atoms with Crippen LogP contribution < -0.4 is 10.0 Å². The van der Waals surface area contributed by atoms with Crippen molar-refractivity contribution in [1.29, 1.82) is 0 Å². The molecule has 0 spiro atoms. The predicted octanol–water partition coefficient (Wildman–Crippen LogP) is 5.38. The predicted molar refractivity (Wildman–Crippen MR) is 145 cm³/mol. The Morgan fingerprint density at radius 2 is 1.62 bits per heavy atom. The third-order valence-electron chi connectivity index (χ3n) is 5.65. The number of esters is 1. The number of hydrogen-bond donors (Lipinski definition) is 2. The smallest absolute Gasteiger partial charge is 0.339 e. The lowest BCUT2D eigenvalue weighted by Crippen LogP contribution is -2.26. The number of rotatable bonds is 9. The summed E-state index contributed by atoms with van der Waals surface area (Å²) in [6, 6.07) is 21.9. The summed E-state index contributed by atoms with van der Waals surface area (Å²) in [5, 5.41) is 14.0. The standard InChI is InChI=1S/C28H22FN3O7S/c1-18-10-15-24(25(16-18)32(35)36)30-27(33)26(19-6-3-2-4-7-19)39-28(34)20-8-5-9-23(17-20)40(37,38)31-22-13-11-21(29)12-14-22/h2-17,26,31H,1H3,(H,30,33)/t26-/m1/s1. The highest BCUT2D eigenvalue weighted by molar-refractivity contribution is 7.92. The summed E-state index contributed by atoms with van der Waals surface area (Å²) in [5.41, 5.74) is 0.414. The number of nitro benzene ring substituents is 1. The van der Waals surface area contributed by atoms with Crippen LogP contribution in [0, 0.1) is 22.9 Å². The largest absolute Gasteiger partial charge is 0.444 e. The third-order valence-corrected chi connectivity index (χ3v) is 7.03. The second-order valence-corrected chi connectivity index (χ2v) is 10.3. The van der Waals surface area contributed by atoms with E-state index in [0.717, 1.165) is 18.2 Å². The molecule has 0 aliphatic carbocycles. The van der Waals surface area contributed by atoms with E-state index in [1.807, 2.05) is 0 Å². The molecule has 204 valence electrons. The summed E-state index contributed by atoms with van der Waals surface area (Å²) >= 11 is 0. The normalized spacial score (nSPS) is 11.8. The number of aryl methyl sites for hydroxylation is 1. The van der Waals surface area contributed by atoms with Crippen molar-refractivity contribution in [2.24, 2.45) is 0 Å². The lowest BCUT2D eigenvalue weighted by molar-refractivity contribution is -0.384. The first kappa shape index (κ1) is 27.9. The van der Waals surface area contributed by atoms with E-state index >= 15 is 0 Å². The van der Waals surface area contributed by atoms with Gasteiger partial charge in [0.1, 0.15) is 11.5 Å². The number of ether oxygens (including phenoxy) is 1. The van der Waals surface area contributed by atoms with Gasteiger partial charge in [-0.1, -0.05) is 42.5 Å². The molecule has 4 aromatic carbocycles. The van der Waals surface area contributed by atoms with Gasteiger partial charge in [-0.05, 0) is 61.0 Å². The van der Waals surface area contributed by atoms with Crippen molar-refractivity contribution in [1.82, 2.24) is 0 Å². The molecule has 1 atom stereocenters. The molecule has 0 aliphatic rings. The van der Waals surface area contributed by atoms with Crippen molar-refractivity contribution in [2.75, 3.05) is 10.0 Å². The molecule has 0 aromatic heterocycles. The van der Waals surface area contributed by atoms with Crippen LogP contribution in [0.15, 0.2) is 102 Å². The van der Waals surface area contributed by atoms with Crippen LogP contribution in [0.25, 0.3) is 0 Å². The van der Waals surface area contributed by atoms with Crippen LogP contribution in [-0.4, -0.2) is 25.2 Å². The van der Waals surface area contributed by atoms with E-state index in [2.05, 4.69) is 10.0 Å². The third kappa shape index (κ3) is 6.66. The minimum absolute atomic E-state index is 0.0856. The number of anilines is 2. The molecule has 0 aliphatic heterocycles. The van der Waals surface area contributed by atoms with Gasteiger partial charge in [-0.2, -0.15) is 0 Å². The highest BCUT2D eigenvalue weighted by Crippen LogP contribution is 2.28. The van der Waals surface area contributed by atoms with Gasteiger partial charge in [-0.25, -0.2) is 17.6 Å². The Labute approximate surface area is 228 Å². The molecule has 0 unspecified atom stereocenters. The summed E-state index contributed by atoms with van der Waals surface area (Å²) in [7, 11) is -4.16. The molecule has 4 rings (SSSR count). The molecule has 0 saturated heterocycles. The fourth-order valence-corrected chi connectivity index (χ4v) is 4.80. The molecular weight excluding hydrogens is 541 g/mol. The number of benzene rings is 4. The van der Waals surface area contributed by atoms with Gasteiger partial charge in [-0.15, -0.1) is 0 Å². The van der Waals surface area contributed by atoms with Crippen LogP contribution in [0.2, 0.25) is 0 Å². The van der Waals surface area contributed by atoms with Crippen molar-refractivity contribution >= 4 is 39.0 Å². The van der Waals surface area contributed by atoms with Crippen LogP contribution in [0.4, 0.5) is 21.5 Å². The molecule has 10 nitrogen and oxygen atoms in total. The average Bonchev–Trinajstić information content (AvgIpc) is 2.94. The summed E-state index contributed by atoms with van der Waals surface area (Å²) in [6.45, 7) is 1.66. The van der Waals surface area contributed by atoms with Crippen LogP contribution in [0.3, 0.4) is 0 Å². The number of nitro groups is 1. The SMILES string of the molecule is Cc1ccc(NC(=O)[C@H](OC(=O)c2cccc(S(=O)(=O)Nc3ccc(F)cc3)c2)c2ccccc2)c([N+](=O)[O-])c1. The summed E-state index contributed by atoms with van der Waals surface area (Å²) in [4.78, 5) is 36.9. The number of carbonyl (C=O) groups is 2. The number of nitrogens with zero attached hydrogens (tertiary/aromatic N) is 1. The van der Waals surface area contributed by atoms with Gasteiger partial charge >= 0.3 is 5.97 Å². The van der Waals surface area contributed by atoms with E-state index in [-0.39, 0.29) is 33.1 Å². The molecular formula is C28H22FN3O7S. The first-order valence-electron chi connectivity index (χ1n) is 11.7. The fourth-order valence-electron chi connectivity index (χ4n) is 3.69. The van der Waals surface area contributed by atoms with Gasteiger partial charge in [-0.3, -0.25) is 19.6 Å². The second-order valence-electron chi connectivity index (χ2n) is 8.60. The van der Waals surface area contributed by atoms with Crippen LogP contribution >= 0.6 is 0 Å². The number of halogens is 1. The number of nitrogens with one attached hydrogen (secondary N) is 2. The van der Waals surface area contributed by atoms with E-state index in [1.165, 1.54) is 54.6 Å². The second kappa shape index (κ2) is 11.7. The van der Waals surface area contributed by atoms with Crippen molar-refractivity contribution in [3.63, 3.8) is 0 Å². The van der Waals surface area contributed by atoms with E-state index in [9.17, 15) is 32.5 Å². The maximum absolute atomic E-state index is 13.2. The molecule has 1 amide bonds. The molecule has 2 N–H and O–H groups in total. The van der Waals surface area contributed by atoms with E-state index in [0.29, 0.717) is 5.56 Å². The average molecular weight is 564 g/mol. The number of amides is 1. The van der Waals surface area contributed by atoms with Crippen molar-refractivity contribution < 1.29 is 32.1 Å². The van der Waals surface area contributed by atoms with Gasteiger partial charge < -0.3 is 10.1 Å². The Balaban J connectivity index is 1.59. The Hall–Kier alpha value is -5.10. The lowest BCUT2D eigenvalue weighted by Gasteiger charge is -2.18. The Morgan fingerprint density at radius 3 is 2.30 bits per heavy atom. The number of carbonyl (C=O) groups excluding carboxylic acids is 2. The zero-order valence-corrected chi connectivity index (χ0v) is 21.7. The topological polar surface area (TPSA) is 145 Å². The Morgan fingerprint density at radius 1 is 0.925 bits per heavy atom. The molecule has 0 radical (unpaired) electrons. The fraction of sp³-hybridized carbons (Fsp3) is 0.0714. The van der Waals surface area contributed by atoms with E-state index in [4.69, 9.17) is 4.74 Å². The van der Waals surface area contributed by atoms with Crippen molar-refractivity contribution in [2.45, 2.75) is 17.9 Å². The zero-order chi connectivity index (χ0) is 28.9. The first-order valence-corrected chi connectivity index (χ1v) is 13.2. The molecule has 0 bridgehead atoms. The monoisotopic (exact) mass is 563 g/mol. The Bertz CT molecular complexity index is 1680. The van der Waals surface area contributed by atoms with Crippen LogP contribution in [0.1, 0.15) is 27.6 Å². The molecule has 0 fully saturated rings. The minimum Gasteiger partial charge on any atom is -0.444 e. The van der Waals surface area contributed by atoms with Gasteiger partial charge in [0.05, 0.1) is 15.4 Å². The number of hydrogen-bond acceptors (Lipinski definition) is 7. The van der Waals surface area contributed by atoms with Crippen LogP contribution in [0.5, 0.6) is 0 Å². The van der Waals surface area contributed by atoms with Crippen LogP contribution in [-0.2, 0) is 19.6 Å². The maximum Gasteiger partial charge on any atom is 0.339 e. The molecule has 0 heterocycles. The maximum atomic E-state index is 13.2. The quantitative estimate of drug-likeness (QED) is 0.158. The summed E-state index contributed by atoms with van der Waals surface area (Å²) in [6.07, 6.45) is -1.52. The molecule has 0 saturated carbocycles. The zero-order valence-electron chi connectivity index (χ0n) is 20.9. The molecule has 40 heavy (non-hydrogen) atoms. The number of sulfonamides is 1. The van der Waals surface area contributed by atoms with Crippen molar-refractivity contribution in [3.8, 4) is 0 Å². The van der Waals surface area contributed by atoms with Gasteiger partial charge in [0.15, 0.2) is 0 Å². The molecule has 4 aromatic rings. The first-order chi connectivity index (χ1) is 19.0. The Kier molecular flexibility index (Phi) is 8.20. The minimum atomic E-state index is -4.16. The lowest BCUT2D eigenvalue weighted by atomic mass is 10.1. The highest BCUT2D eigenvalue weighted by atomic mass is 32.2. The van der Waals surface area contributed by atoms with Gasteiger partial charge in [0.2, 0.25) is 6.10 Å². The van der Waals surface area contributed by atoms with Crippen molar-refractivity contribution in [3.05, 3.63) is 130 Å². The van der Waals surface area contributed by atoms with E-state index in [1.54, 1.807) is 31.2 Å². The summed E-state index contributed by atoms with van der Waals surface area (Å²) in [5.74, 6) is -2.41. The molecule has 12 heteroatoms. The van der Waals surface area contributed by atoms with Gasteiger partial charge in [0.25, 0.3) is 21.6 Å².